The Morgan fingerprint density at radius 2 is 1.85 bits per heavy atom. The maximum absolute atomic E-state index is 12.4. The number of amides is 2. The molecule has 0 unspecified atom stereocenters. The van der Waals surface area contributed by atoms with Crippen LogP contribution in [0, 0.1) is 0 Å². The third-order valence-corrected chi connectivity index (χ3v) is 5.89. The third kappa shape index (κ3) is 4.84. The first-order valence-electron chi connectivity index (χ1n) is 9.29. The summed E-state index contributed by atoms with van der Waals surface area (Å²) < 4.78 is 0. The zero-order valence-electron chi connectivity index (χ0n) is 15.5. The van der Waals surface area contributed by atoms with Gasteiger partial charge in [-0.2, -0.15) is 0 Å². The van der Waals surface area contributed by atoms with Crippen molar-refractivity contribution in [1.29, 1.82) is 0 Å². The minimum Gasteiger partial charge on any atom is -0.333 e. The third-order valence-electron chi connectivity index (χ3n) is 4.95. The first-order valence-corrected chi connectivity index (χ1v) is 10.2. The number of piperazine rings is 1. The summed E-state index contributed by atoms with van der Waals surface area (Å²) in [5.74, 6) is 0. The van der Waals surface area contributed by atoms with Gasteiger partial charge in [0, 0.05) is 42.8 Å². The van der Waals surface area contributed by atoms with E-state index in [4.69, 9.17) is 0 Å². The van der Waals surface area contributed by atoms with E-state index in [9.17, 15) is 4.79 Å². The predicted molar refractivity (Wildman–Crippen MR) is 109 cm³/mol. The lowest BCUT2D eigenvalue weighted by atomic mass is 10.0. The number of likely N-dealkylation sites (N-methyl/N-ethyl adjacent to an activating group) is 1. The van der Waals surface area contributed by atoms with E-state index in [0.717, 1.165) is 38.4 Å². The molecule has 5 nitrogen and oxygen atoms in total. The molecule has 0 aliphatic carbocycles. The number of para-hydroxylation sites is 1. The van der Waals surface area contributed by atoms with Gasteiger partial charge >= 0.3 is 6.03 Å². The van der Waals surface area contributed by atoms with Crippen LogP contribution in [0.15, 0.2) is 47.8 Å². The minimum atomic E-state index is -0.155. The van der Waals surface area contributed by atoms with Crippen LogP contribution in [-0.2, 0) is 0 Å². The molecule has 2 atom stereocenters. The van der Waals surface area contributed by atoms with Crippen molar-refractivity contribution in [3.8, 4) is 0 Å². The molecule has 6 heteroatoms. The molecule has 0 radical (unpaired) electrons. The monoisotopic (exact) mass is 372 g/mol. The van der Waals surface area contributed by atoms with E-state index in [1.807, 2.05) is 30.3 Å². The molecule has 2 amide bonds. The Hall–Kier alpha value is -1.89. The minimum absolute atomic E-state index is 0.0190. The first kappa shape index (κ1) is 18.9. The van der Waals surface area contributed by atoms with Gasteiger partial charge in [0.1, 0.15) is 0 Å². The second-order valence-corrected chi connectivity index (χ2v) is 7.66. The van der Waals surface area contributed by atoms with Crippen LogP contribution >= 0.6 is 11.3 Å². The highest BCUT2D eigenvalue weighted by atomic mass is 32.1. The average molecular weight is 373 g/mol. The van der Waals surface area contributed by atoms with Crippen LogP contribution in [0.25, 0.3) is 0 Å². The standard InChI is InChI=1S/C20H28N4OS/c1-3-23-11-13-24(14-12-23)19(18-10-7-15-26-18)16(2)21-20(25)22-17-8-5-4-6-9-17/h4-10,15-16,19H,3,11-14H2,1-2H3,(H2,21,22,25)/t16-,19-/m1/s1. The lowest BCUT2D eigenvalue weighted by Gasteiger charge is -2.41. The highest BCUT2D eigenvalue weighted by molar-refractivity contribution is 7.10. The summed E-state index contributed by atoms with van der Waals surface area (Å²) in [5.41, 5.74) is 0.807. The second kappa shape index (κ2) is 9.16. The lowest BCUT2D eigenvalue weighted by Crippen LogP contribution is -2.52. The Balaban J connectivity index is 1.65. The van der Waals surface area contributed by atoms with Gasteiger partial charge in [0.25, 0.3) is 0 Å². The molecule has 140 valence electrons. The zero-order chi connectivity index (χ0) is 18.4. The molecule has 0 saturated carbocycles. The van der Waals surface area contributed by atoms with Crippen molar-refractivity contribution in [2.45, 2.75) is 25.9 Å². The topological polar surface area (TPSA) is 47.6 Å². The first-order chi connectivity index (χ1) is 12.7. The van der Waals surface area contributed by atoms with Crippen LogP contribution in [0.5, 0.6) is 0 Å². The average Bonchev–Trinajstić information content (AvgIpc) is 3.17. The Labute approximate surface area is 160 Å². The van der Waals surface area contributed by atoms with Gasteiger partial charge in [0.2, 0.25) is 0 Å². The predicted octanol–water partition coefficient (Wildman–Crippen LogP) is 3.64. The summed E-state index contributed by atoms with van der Waals surface area (Å²) in [5, 5.41) is 8.17. The number of rotatable bonds is 6. The van der Waals surface area contributed by atoms with Crippen LogP contribution in [0.4, 0.5) is 10.5 Å². The highest BCUT2D eigenvalue weighted by Crippen LogP contribution is 2.29. The molecule has 2 N–H and O–H groups in total. The van der Waals surface area contributed by atoms with Crippen molar-refractivity contribution < 1.29 is 4.79 Å². The SMILES string of the molecule is CCN1CCN([C@@H](c2cccs2)[C@@H](C)NC(=O)Nc2ccccc2)CC1. The number of benzene rings is 1. The van der Waals surface area contributed by atoms with E-state index in [0.29, 0.717) is 0 Å². The number of carbonyl (C=O) groups excluding carboxylic acids is 1. The summed E-state index contributed by atoms with van der Waals surface area (Å²) in [6.45, 7) is 9.64. The van der Waals surface area contributed by atoms with E-state index < -0.39 is 0 Å². The van der Waals surface area contributed by atoms with Gasteiger partial charge in [-0.1, -0.05) is 31.2 Å². The van der Waals surface area contributed by atoms with Crippen LogP contribution in [0.1, 0.15) is 24.8 Å². The van der Waals surface area contributed by atoms with Crippen molar-refractivity contribution in [2.24, 2.45) is 0 Å². The Morgan fingerprint density at radius 3 is 2.46 bits per heavy atom. The number of urea groups is 1. The maximum Gasteiger partial charge on any atom is 0.319 e. The molecule has 1 aromatic heterocycles. The number of anilines is 1. The number of nitrogens with zero attached hydrogens (tertiary/aromatic N) is 2. The quantitative estimate of drug-likeness (QED) is 0.814. The van der Waals surface area contributed by atoms with Crippen LogP contribution < -0.4 is 10.6 Å². The van der Waals surface area contributed by atoms with Gasteiger partial charge in [-0.25, -0.2) is 4.79 Å². The second-order valence-electron chi connectivity index (χ2n) is 6.68. The van der Waals surface area contributed by atoms with Gasteiger partial charge in [0.05, 0.1) is 6.04 Å². The van der Waals surface area contributed by atoms with Crippen molar-refractivity contribution >= 4 is 23.1 Å². The fraction of sp³-hybridized carbons (Fsp3) is 0.450. The molecular formula is C20H28N4OS. The molecule has 0 bridgehead atoms. The Morgan fingerprint density at radius 1 is 1.12 bits per heavy atom. The molecule has 1 fully saturated rings. The van der Waals surface area contributed by atoms with E-state index in [-0.39, 0.29) is 18.1 Å². The van der Waals surface area contributed by atoms with Crippen molar-refractivity contribution in [2.75, 3.05) is 38.0 Å². The summed E-state index contributed by atoms with van der Waals surface area (Å²) in [4.78, 5) is 18.7. The molecule has 1 aliphatic heterocycles. The van der Waals surface area contributed by atoms with Gasteiger partial charge in [-0.3, -0.25) is 4.90 Å². The van der Waals surface area contributed by atoms with Crippen molar-refractivity contribution in [3.05, 3.63) is 52.7 Å². The number of carbonyl (C=O) groups is 1. The summed E-state index contributed by atoms with van der Waals surface area (Å²) in [6.07, 6.45) is 0. The number of nitrogens with one attached hydrogen (secondary N) is 2. The van der Waals surface area contributed by atoms with Gasteiger partial charge in [-0.05, 0) is 37.0 Å². The van der Waals surface area contributed by atoms with E-state index >= 15 is 0 Å². The summed E-state index contributed by atoms with van der Waals surface area (Å²) in [6, 6.07) is 13.9. The van der Waals surface area contributed by atoms with Gasteiger partial charge in [0.15, 0.2) is 0 Å². The maximum atomic E-state index is 12.4. The highest BCUT2D eigenvalue weighted by Gasteiger charge is 2.30. The molecule has 2 aromatic rings. The zero-order valence-corrected chi connectivity index (χ0v) is 16.3. The molecule has 1 aromatic carbocycles. The molecule has 0 spiro atoms. The van der Waals surface area contributed by atoms with Gasteiger partial charge in [-0.15, -0.1) is 11.3 Å². The molecule has 26 heavy (non-hydrogen) atoms. The largest absolute Gasteiger partial charge is 0.333 e. The Kier molecular flexibility index (Phi) is 6.66. The summed E-state index contributed by atoms with van der Waals surface area (Å²) in [7, 11) is 0. The fourth-order valence-electron chi connectivity index (χ4n) is 3.53. The number of thiophene rings is 1. The normalized spacial score (nSPS) is 18.2. The molecule has 3 rings (SSSR count). The summed E-state index contributed by atoms with van der Waals surface area (Å²) >= 11 is 1.76. The number of hydrogen-bond acceptors (Lipinski definition) is 4. The van der Waals surface area contributed by atoms with Crippen LogP contribution in [-0.4, -0.2) is 54.6 Å². The van der Waals surface area contributed by atoms with Crippen LogP contribution in [0.3, 0.4) is 0 Å². The van der Waals surface area contributed by atoms with Gasteiger partial charge < -0.3 is 15.5 Å². The lowest BCUT2D eigenvalue weighted by molar-refractivity contribution is 0.0868. The molecular weight excluding hydrogens is 344 g/mol. The fourth-order valence-corrected chi connectivity index (χ4v) is 4.50. The molecule has 1 saturated heterocycles. The molecule has 2 heterocycles. The van der Waals surface area contributed by atoms with Crippen molar-refractivity contribution in [1.82, 2.24) is 15.1 Å². The van der Waals surface area contributed by atoms with E-state index in [1.165, 1.54) is 4.88 Å². The number of hydrogen-bond donors (Lipinski definition) is 2. The van der Waals surface area contributed by atoms with E-state index in [1.54, 1.807) is 11.3 Å². The Bertz CT molecular complexity index is 668. The van der Waals surface area contributed by atoms with E-state index in [2.05, 4.69) is 51.8 Å². The molecule has 1 aliphatic rings. The van der Waals surface area contributed by atoms with Crippen LogP contribution in [0.2, 0.25) is 0 Å². The smallest absolute Gasteiger partial charge is 0.319 e. The van der Waals surface area contributed by atoms with Crippen molar-refractivity contribution in [3.63, 3.8) is 0 Å².